The zero-order valence-corrected chi connectivity index (χ0v) is 13.7. The van der Waals surface area contributed by atoms with Gasteiger partial charge < -0.3 is 5.11 Å². The first-order valence-electron chi connectivity index (χ1n) is 7.88. The molecule has 0 saturated carbocycles. The van der Waals surface area contributed by atoms with Crippen LogP contribution in [0.5, 0.6) is 0 Å². The van der Waals surface area contributed by atoms with Crippen LogP contribution in [0.2, 0.25) is 0 Å². The maximum Gasteiger partial charge on any atom is 0.438 e. The number of hydrogen-bond acceptors (Lipinski definition) is 3. The third-order valence-electron chi connectivity index (χ3n) is 4.06. The van der Waals surface area contributed by atoms with Gasteiger partial charge in [0, 0.05) is 18.6 Å². The van der Waals surface area contributed by atoms with E-state index in [9.17, 15) is 23.1 Å². The Morgan fingerprint density at radius 2 is 1.96 bits per heavy atom. The molecule has 7 heteroatoms. The van der Waals surface area contributed by atoms with E-state index in [-0.39, 0.29) is 23.1 Å². The van der Waals surface area contributed by atoms with Gasteiger partial charge in [0.2, 0.25) is 5.91 Å². The van der Waals surface area contributed by atoms with E-state index >= 15 is 0 Å². The summed E-state index contributed by atoms with van der Waals surface area (Å²) in [6.07, 6.45) is -4.80. The number of benzene rings is 1. The number of aliphatic hydroxyl groups is 1. The lowest BCUT2D eigenvalue weighted by Gasteiger charge is -2.32. The lowest BCUT2D eigenvalue weighted by molar-refractivity contribution is -0.302. The van der Waals surface area contributed by atoms with E-state index < -0.39 is 24.2 Å². The van der Waals surface area contributed by atoms with Gasteiger partial charge in [0.05, 0.1) is 0 Å². The number of aryl methyl sites for hydroxylation is 1. The van der Waals surface area contributed by atoms with Crippen LogP contribution >= 0.6 is 0 Å². The van der Waals surface area contributed by atoms with Crippen LogP contribution in [0.3, 0.4) is 0 Å². The average Bonchev–Trinajstić information content (AvgIpc) is 2.87. The van der Waals surface area contributed by atoms with Crippen LogP contribution in [-0.2, 0) is 11.2 Å². The molecule has 1 atom stereocenters. The summed E-state index contributed by atoms with van der Waals surface area (Å²) in [5.41, 5.74) is -2.06. The number of amides is 1. The molecule has 0 fully saturated rings. The molecular formula is C17H21F3N2O2. The van der Waals surface area contributed by atoms with Gasteiger partial charge in [-0.2, -0.15) is 23.3 Å². The van der Waals surface area contributed by atoms with Crippen LogP contribution < -0.4 is 0 Å². The highest BCUT2D eigenvalue weighted by Gasteiger charge is 2.63. The number of carbonyl (C=O) groups is 1. The molecule has 0 spiro atoms. The second-order valence-electron chi connectivity index (χ2n) is 6.28. The van der Waals surface area contributed by atoms with Crippen molar-refractivity contribution < 1.29 is 23.1 Å². The zero-order valence-electron chi connectivity index (χ0n) is 13.7. The minimum Gasteiger partial charge on any atom is -0.362 e. The topological polar surface area (TPSA) is 52.9 Å². The molecule has 24 heavy (non-hydrogen) atoms. The van der Waals surface area contributed by atoms with E-state index in [1.807, 2.05) is 30.3 Å². The molecule has 0 aromatic heterocycles. The van der Waals surface area contributed by atoms with Crippen molar-refractivity contribution in [1.29, 1.82) is 0 Å². The number of halogens is 3. The van der Waals surface area contributed by atoms with Crippen molar-refractivity contribution in [3.05, 3.63) is 35.9 Å². The van der Waals surface area contributed by atoms with Crippen LogP contribution in [0.1, 0.15) is 38.7 Å². The van der Waals surface area contributed by atoms with Gasteiger partial charge in [-0.25, -0.2) is 0 Å². The summed E-state index contributed by atoms with van der Waals surface area (Å²) in [7, 11) is 0. The normalized spacial score (nSPS) is 21.3. The number of hydrogen-bond donors (Lipinski definition) is 1. The Morgan fingerprint density at radius 3 is 2.50 bits per heavy atom. The second-order valence-corrected chi connectivity index (χ2v) is 6.28. The molecule has 1 heterocycles. The predicted octanol–water partition coefficient (Wildman–Crippen LogP) is 3.50. The Kier molecular flexibility index (Phi) is 5.32. The van der Waals surface area contributed by atoms with Gasteiger partial charge in [-0.3, -0.25) is 4.79 Å². The van der Waals surface area contributed by atoms with Gasteiger partial charge in [0.1, 0.15) is 0 Å². The summed E-state index contributed by atoms with van der Waals surface area (Å²) < 4.78 is 39.8. The monoisotopic (exact) mass is 342 g/mol. The largest absolute Gasteiger partial charge is 0.438 e. The number of hydrazone groups is 1. The van der Waals surface area contributed by atoms with Gasteiger partial charge in [-0.05, 0) is 24.3 Å². The minimum atomic E-state index is -4.96. The smallest absolute Gasteiger partial charge is 0.362 e. The van der Waals surface area contributed by atoms with Crippen LogP contribution in [0.15, 0.2) is 35.4 Å². The first-order chi connectivity index (χ1) is 11.1. The second kappa shape index (κ2) is 6.93. The molecule has 4 nitrogen and oxygen atoms in total. The maximum absolute atomic E-state index is 13.3. The van der Waals surface area contributed by atoms with E-state index in [2.05, 4.69) is 5.10 Å². The Bertz CT molecular complexity index is 614. The molecule has 0 radical (unpaired) electrons. The van der Waals surface area contributed by atoms with E-state index in [0.717, 1.165) is 5.56 Å². The molecule has 1 N–H and O–H groups in total. The van der Waals surface area contributed by atoms with Crippen molar-refractivity contribution in [2.24, 2.45) is 11.0 Å². The number of nitrogens with zero attached hydrogens (tertiary/aromatic N) is 2. The maximum atomic E-state index is 13.3. The van der Waals surface area contributed by atoms with Crippen LogP contribution in [0.25, 0.3) is 0 Å². The van der Waals surface area contributed by atoms with Gasteiger partial charge >= 0.3 is 6.18 Å². The SMILES string of the molecule is CC(C)C1=NN(C(=O)CCCc2ccccc2)[C@@](O)(C(F)(F)F)C1. The summed E-state index contributed by atoms with van der Waals surface area (Å²) in [5, 5.41) is 14.1. The van der Waals surface area contributed by atoms with Crippen molar-refractivity contribution in [2.75, 3.05) is 0 Å². The van der Waals surface area contributed by atoms with Crippen LogP contribution in [-0.4, -0.2) is 33.6 Å². The molecular weight excluding hydrogens is 321 g/mol. The summed E-state index contributed by atoms with van der Waals surface area (Å²) in [6, 6.07) is 9.37. The molecule has 1 aromatic carbocycles. The third kappa shape index (κ3) is 3.77. The Hall–Kier alpha value is -1.89. The number of carbonyl (C=O) groups excluding carboxylic acids is 1. The molecule has 1 aliphatic rings. The summed E-state index contributed by atoms with van der Waals surface area (Å²) in [4.78, 5) is 12.2. The Labute approximate surface area is 139 Å². The van der Waals surface area contributed by atoms with E-state index in [4.69, 9.17) is 0 Å². The summed E-state index contributed by atoms with van der Waals surface area (Å²) in [6.45, 7) is 3.36. The Balaban J connectivity index is 2.07. The number of rotatable bonds is 5. The molecule has 1 amide bonds. The molecule has 2 rings (SSSR count). The first-order valence-corrected chi connectivity index (χ1v) is 7.88. The van der Waals surface area contributed by atoms with Crippen LogP contribution in [0.4, 0.5) is 13.2 Å². The van der Waals surface area contributed by atoms with E-state index in [1.54, 1.807) is 13.8 Å². The average molecular weight is 342 g/mol. The van der Waals surface area contributed by atoms with Crippen molar-refractivity contribution in [3.8, 4) is 0 Å². The van der Waals surface area contributed by atoms with E-state index in [0.29, 0.717) is 12.8 Å². The highest BCUT2D eigenvalue weighted by atomic mass is 19.4. The summed E-state index contributed by atoms with van der Waals surface area (Å²) in [5.74, 6) is -1.10. The minimum absolute atomic E-state index is 0.109. The fourth-order valence-corrected chi connectivity index (χ4v) is 2.57. The molecule has 0 bridgehead atoms. The molecule has 1 aliphatic heterocycles. The Morgan fingerprint density at radius 1 is 1.33 bits per heavy atom. The standard InChI is InChI=1S/C17H21F3N2O2/c1-12(2)14-11-16(24,17(18,19)20)22(21-14)15(23)10-6-9-13-7-4-3-5-8-13/h3-5,7-8,12,24H,6,9-11H2,1-2H3/t16-/m0/s1. The number of alkyl halides is 3. The fourth-order valence-electron chi connectivity index (χ4n) is 2.57. The van der Waals surface area contributed by atoms with Crippen molar-refractivity contribution in [3.63, 3.8) is 0 Å². The third-order valence-corrected chi connectivity index (χ3v) is 4.06. The highest BCUT2D eigenvalue weighted by molar-refractivity contribution is 5.92. The molecule has 1 aromatic rings. The van der Waals surface area contributed by atoms with Crippen molar-refractivity contribution in [2.45, 2.75) is 51.4 Å². The molecule has 0 unspecified atom stereocenters. The van der Waals surface area contributed by atoms with Gasteiger partial charge in [0.25, 0.3) is 5.72 Å². The lowest BCUT2D eigenvalue weighted by atomic mass is 9.99. The highest BCUT2D eigenvalue weighted by Crippen LogP contribution is 2.41. The van der Waals surface area contributed by atoms with Gasteiger partial charge in [-0.15, -0.1) is 0 Å². The van der Waals surface area contributed by atoms with Gasteiger partial charge in [-0.1, -0.05) is 44.2 Å². The fraction of sp³-hybridized carbons (Fsp3) is 0.529. The molecule has 0 aliphatic carbocycles. The quantitative estimate of drug-likeness (QED) is 0.890. The first kappa shape index (κ1) is 18.4. The summed E-state index contributed by atoms with van der Waals surface area (Å²) >= 11 is 0. The lowest BCUT2D eigenvalue weighted by Crippen LogP contribution is -2.56. The molecule has 0 saturated heterocycles. The van der Waals surface area contributed by atoms with E-state index in [1.165, 1.54) is 0 Å². The zero-order chi connectivity index (χ0) is 18.0. The van der Waals surface area contributed by atoms with Crippen molar-refractivity contribution in [1.82, 2.24) is 5.01 Å². The predicted molar refractivity (Wildman–Crippen MR) is 84.1 cm³/mol. The van der Waals surface area contributed by atoms with Gasteiger partial charge in [0.15, 0.2) is 0 Å². The van der Waals surface area contributed by atoms with Crippen LogP contribution in [0, 0.1) is 5.92 Å². The van der Waals surface area contributed by atoms with Crippen molar-refractivity contribution >= 4 is 11.6 Å². The molecule has 132 valence electrons.